The molecule has 0 aliphatic heterocycles. The molecule has 6 heteroatoms. The molecule has 0 fully saturated rings. The summed E-state index contributed by atoms with van der Waals surface area (Å²) >= 11 is 1.50. The van der Waals surface area contributed by atoms with Gasteiger partial charge in [-0.3, -0.25) is 4.79 Å². The second kappa shape index (κ2) is 5.66. The first-order chi connectivity index (χ1) is 9.37. The minimum absolute atomic E-state index is 0.0469. The number of ether oxygens (including phenoxy) is 1. The monoisotopic (exact) mass is 293 g/mol. The van der Waals surface area contributed by atoms with Gasteiger partial charge in [-0.05, 0) is 39.0 Å². The van der Waals surface area contributed by atoms with E-state index in [2.05, 4.69) is 15.6 Å². The second-order valence-corrected chi connectivity index (χ2v) is 6.54. The van der Waals surface area contributed by atoms with Gasteiger partial charge in [0.2, 0.25) is 5.91 Å². The summed E-state index contributed by atoms with van der Waals surface area (Å²) in [5.41, 5.74) is 0.675. The average Bonchev–Trinajstić information content (AvgIpc) is 2.75. The third-order valence-electron chi connectivity index (χ3n) is 2.51. The summed E-state index contributed by atoms with van der Waals surface area (Å²) in [7, 11) is 1.64. The number of methoxy groups -OCH3 is 1. The summed E-state index contributed by atoms with van der Waals surface area (Å²) in [6.07, 6.45) is 0. The van der Waals surface area contributed by atoms with E-state index in [1.165, 1.54) is 11.3 Å². The number of hydrogen-bond acceptors (Lipinski definition) is 5. The molecule has 1 aromatic heterocycles. The van der Waals surface area contributed by atoms with Crippen molar-refractivity contribution in [2.24, 2.45) is 0 Å². The normalized spacial score (nSPS) is 11.4. The lowest BCUT2D eigenvalue weighted by Crippen LogP contribution is -2.43. The molecule has 0 saturated heterocycles. The summed E-state index contributed by atoms with van der Waals surface area (Å²) in [5.74, 6) is 0.757. The first-order valence-electron chi connectivity index (χ1n) is 6.37. The predicted molar refractivity (Wildman–Crippen MR) is 82.6 cm³/mol. The largest absolute Gasteiger partial charge is 0.497 e. The lowest BCUT2D eigenvalue weighted by molar-refractivity contribution is -0.120. The number of benzene rings is 1. The Morgan fingerprint density at radius 1 is 1.40 bits per heavy atom. The first-order valence-corrected chi connectivity index (χ1v) is 7.18. The Morgan fingerprint density at radius 2 is 2.15 bits per heavy atom. The van der Waals surface area contributed by atoms with Crippen molar-refractivity contribution in [3.8, 4) is 5.75 Å². The number of nitrogens with zero attached hydrogens (tertiary/aromatic N) is 1. The van der Waals surface area contributed by atoms with Crippen molar-refractivity contribution in [1.29, 1.82) is 0 Å². The van der Waals surface area contributed by atoms with Gasteiger partial charge in [0.15, 0.2) is 5.13 Å². The fourth-order valence-electron chi connectivity index (χ4n) is 1.73. The number of carbonyl (C=O) groups excluding carboxylic acids is 1. The fraction of sp³-hybridized carbons (Fsp3) is 0.429. The number of fused-ring (bicyclic) bond motifs is 1. The third kappa shape index (κ3) is 3.84. The van der Waals surface area contributed by atoms with Crippen LogP contribution in [0, 0.1) is 0 Å². The van der Waals surface area contributed by atoms with Crippen LogP contribution < -0.4 is 15.4 Å². The zero-order valence-electron chi connectivity index (χ0n) is 12.1. The number of thiazole rings is 1. The molecule has 0 saturated carbocycles. The van der Waals surface area contributed by atoms with E-state index in [-0.39, 0.29) is 18.0 Å². The van der Waals surface area contributed by atoms with Crippen LogP contribution in [0.4, 0.5) is 5.13 Å². The van der Waals surface area contributed by atoms with Crippen molar-refractivity contribution < 1.29 is 9.53 Å². The van der Waals surface area contributed by atoms with Crippen LogP contribution in [0.2, 0.25) is 0 Å². The number of aromatic nitrogens is 1. The molecule has 1 aromatic carbocycles. The molecule has 2 aromatic rings. The van der Waals surface area contributed by atoms with E-state index in [1.54, 1.807) is 7.11 Å². The van der Waals surface area contributed by atoms with Gasteiger partial charge in [0.25, 0.3) is 0 Å². The topological polar surface area (TPSA) is 63.2 Å². The molecule has 2 N–H and O–H groups in total. The molecular weight excluding hydrogens is 274 g/mol. The molecule has 0 aliphatic carbocycles. The van der Waals surface area contributed by atoms with Gasteiger partial charge >= 0.3 is 0 Å². The Bertz CT molecular complexity index is 616. The van der Waals surface area contributed by atoms with Crippen LogP contribution in [0.3, 0.4) is 0 Å². The third-order valence-corrected chi connectivity index (χ3v) is 3.49. The van der Waals surface area contributed by atoms with Crippen LogP contribution in [0.5, 0.6) is 5.75 Å². The zero-order valence-corrected chi connectivity index (χ0v) is 12.9. The molecule has 0 radical (unpaired) electrons. The highest BCUT2D eigenvalue weighted by atomic mass is 32.1. The summed E-state index contributed by atoms with van der Waals surface area (Å²) < 4.78 is 6.21. The number of amides is 1. The lowest BCUT2D eigenvalue weighted by atomic mass is 10.1. The van der Waals surface area contributed by atoms with Crippen LogP contribution >= 0.6 is 11.3 Å². The molecule has 5 nitrogen and oxygen atoms in total. The Balaban J connectivity index is 2.01. The molecule has 0 atom stereocenters. The first kappa shape index (κ1) is 14.6. The van der Waals surface area contributed by atoms with Gasteiger partial charge in [-0.2, -0.15) is 0 Å². The van der Waals surface area contributed by atoms with Crippen molar-refractivity contribution in [2.75, 3.05) is 19.0 Å². The molecule has 1 heterocycles. The van der Waals surface area contributed by atoms with Crippen LogP contribution in [0.25, 0.3) is 10.2 Å². The standard InChI is InChI=1S/C14H19N3O2S/c1-14(2,3)17-12(18)8-15-13-16-10-6-5-9(19-4)7-11(10)20-13/h5-7H,8H2,1-4H3,(H,15,16)(H,17,18). The van der Waals surface area contributed by atoms with E-state index in [4.69, 9.17) is 4.74 Å². The molecule has 20 heavy (non-hydrogen) atoms. The molecular formula is C14H19N3O2S. The molecule has 0 unspecified atom stereocenters. The van der Waals surface area contributed by atoms with Crippen molar-refractivity contribution in [3.63, 3.8) is 0 Å². The van der Waals surface area contributed by atoms with Gasteiger partial charge in [-0.25, -0.2) is 4.98 Å². The minimum atomic E-state index is -0.222. The summed E-state index contributed by atoms with van der Waals surface area (Å²) in [4.78, 5) is 16.2. The van der Waals surface area contributed by atoms with Crippen molar-refractivity contribution in [2.45, 2.75) is 26.3 Å². The number of rotatable bonds is 4. The Kier molecular flexibility index (Phi) is 4.13. The number of hydrogen-bond donors (Lipinski definition) is 2. The molecule has 108 valence electrons. The second-order valence-electron chi connectivity index (χ2n) is 5.50. The smallest absolute Gasteiger partial charge is 0.239 e. The Morgan fingerprint density at radius 3 is 2.80 bits per heavy atom. The van der Waals surface area contributed by atoms with Crippen LogP contribution in [-0.4, -0.2) is 30.1 Å². The quantitative estimate of drug-likeness (QED) is 0.909. The molecule has 0 aliphatic rings. The Hall–Kier alpha value is -1.82. The maximum atomic E-state index is 11.7. The predicted octanol–water partition coefficient (Wildman–Crippen LogP) is 2.63. The highest BCUT2D eigenvalue weighted by molar-refractivity contribution is 7.22. The van der Waals surface area contributed by atoms with Crippen molar-refractivity contribution in [3.05, 3.63) is 18.2 Å². The maximum Gasteiger partial charge on any atom is 0.239 e. The SMILES string of the molecule is COc1ccc2nc(NCC(=O)NC(C)(C)C)sc2c1. The van der Waals surface area contributed by atoms with E-state index in [1.807, 2.05) is 39.0 Å². The van der Waals surface area contributed by atoms with Gasteiger partial charge < -0.3 is 15.4 Å². The van der Waals surface area contributed by atoms with Crippen LogP contribution in [0.1, 0.15) is 20.8 Å². The van der Waals surface area contributed by atoms with Crippen LogP contribution in [-0.2, 0) is 4.79 Å². The lowest BCUT2D eigenvalue weighted by Gasteiger charge is -2.20. The van der Waals surface area contributed by atoms with E-state index in [0.717, 1.165) is 21.1 Å². The molecule has 0 bridgehead atoms. The summed E-state index contributed by atoms with van der Waals surface area (Å²) in [6.45, 7) is 6.08. The van der Waals surface area contributed by atoms with E-state index in [0.29, 0.717) is 0 Å². The van der Waals surface area contributed by atoms with E-state index < -0.39 is 0 Å². The van der Waals surface area contributed by atoms with Gasteiger partial charge in [-0.1, -0.05) is 11.3 Å². The van der Waals surface area contributed by atoms with Gasteiger partial charge in [-0.15, -0.1) is 0 Å². The highest BCUT2D eigenvalue weighted by Gasteiger charge is 2.14. The van der Waals surface area contributed by atoms with Crippen LogP contribution in [0.15, 0.2) is 18.2 Å². The zero-order chi connectivity index (χ0) is 14.8. The summed E-state index contributed by atoms with van der Waals surface area (Å²) in [6, 6.07) is 5.72. The molecule has 2 rings (SSSR count). The number of anilines is 1. The molecule has 0 spiro atoms. The fourth-order valence-corrected chi connectivity index (χ4v) is 2.62. The summed E-state index contributed by atoms with van der Waals surface area (Å²) in [5, 5.41) is 6.68. The van der Waals surface area contributed by atoms with Gasteiger partial charge in [0.1, 0.15) is 5.75 Å². The maximum absolute atomic E-state index is 11.7. The minimum Gasteiger partial charge on any atom is -0.497 e. The Labute approximate surface area is 122 Å². The molecule has 1 amide bonds. The number of carbonyl (C=O) groups is 1. The average molecular weight is 293 g/mol. The van der Waals surface area contributed by atoms with Crippen molar-refractivity contribution >= 4 is 32.6 Å². The van der Waals surface area contributed by atoms with Gasteiger partial charge in [0, 0.05) is 5.54 Å². The highest BCUT2D eigenvalue weighted by Crippen LogP contribution is 2.28. The van der Waals surface area contributed by atoms with E-state index in [9.17, 15) is 4.79 Å². The van der Waals surface area contributed by atoms with Gasteiger partial charge in [0.05, 0.1) is 23.9 Å². The number of nitrogens with one attached hydrogen (secondary N) is 2. The van der Waals surface area contributed by atoms with E-state index >= 15 is 0 Å². The van der Waals surface area contributed by atoms with Crippen molar-refractivity contribution in [1.82, 2.24) is 10.3 Å².